The van der Waals surface area contributed by atoms with E-state index in [4.69, 9.17) is 14.7 Å². The average Bonchev–Trinajstić information content (AvgIpc) is 2.59. The second-order valence-corrected chi connectivity index (χ2v) is 5.03. The van der Waals surface area contributed by atoms with E-state index in [0.29, 0.717) is 30.4 Å². The highest BCUT2D eigenvalue weighted by Crippen LogP contribution is 2.22. The Kier molecular flexibility index (Phi) is 4.34. The molecule has 0 aliphatic rings. The lowest BCUT2D eigenvalue weighted by Gasteiger charge is -2.09. The van der Waals surface area contributed by atoms with E-state index in [-0.39, 0.29) is 0 Å². The molecule has 0 N–H and O–H groups in total. The third-order valence-corrected chi connectivity index (χ3v) is 3.33. The Morgan fingerprint density at radius 3 is 2.57 bits per heavy atom. The molecule has 0 unspecified atom stereocenters. The van der Waals surface area contributed by atoms with Gasteiger partial charge in [0, 0.05) is 0 Å². The van der Waals surface area contributed by atoms with E-state index in [9.17, 15) is 0 Å². The first-order valence-corrected chi connectivity index (χ1v) is 7.23. The Labute approximate surface area is 134 Å². The zero-order valence-electron chi connectivity index (χ0n) is 12.7. The van der Waals surface area contributed by atoms with E-state index < -0.39 is 0 Å². The van der Waals surface area contributed by atoms with Crippen LogP contribution in [-0.2, 0) is 0 Å². The first kappa shape index (κ1) is 14.8. The predicted octanol–water partition coefficient (Wildman–Crippen LogP) is 3.27. The molecule has 0 saturated carbocycles. The molecule has 3 rings (SSSR count). The van der Waals surface area contributed by atoms with Gasteiger partial charge >= 0.3 is 0 Å². The Balaban J connectivity index is 1.60. The van der Waals surface area contributed by atoms with Crippen LogP contribution in [0.5, 0.6) is 11.6 Å². The van der Waals surface area contributed by atoms with E-state index in [1.807, 2.05) is 25.1 Å². The van der Waals surface area contributed by atoms with Crippen molar-refractivity contribution in [2.24, 2.45) is 0 Å². The molecule has 0 saturated heterocycles. The van der Waals surface area contributed by atoms with Crippen LogP contribution < -0.4 is 9.47 Å². The van der Waals surface area contributed by atoms with Crippen LogP contribution in [0.1, 0.15) is 11.1 Å². The molecule has 0 aliphatic carbocycles. The third kappa shape index (κ3) is 3.55. The molecule has 0 fully saturated rings. The summed E-state index contributed by atoms with van der Waals surface area (Å²) >= 11 is 0. The van der Waals surface area contributed by atoms with Crippen molar-refractivity contribution in [3.05, 3.63) is 59.9 Å². The Morgan fingerprint density at radius 2 is 1.78 bits per heavy atom. The number of ether oxygens (including phenoxy) is 2. The molecular formula is C18H15N3O2. The minimum atomic E-state index is 0.375. The van der Waals surface area contributed by atoms with Crippen molar-refractivity contribution < 1.29 is 9.47 Å². The lowest BCUT2D eigenvalue weighted by molar-refractivity contribution is 0.213. The van der Waals surface area contributed by atoms with E-state index >= 15 is 0 Å². The van der Waals surface area contributed by atoms with Gasteiger partial charge in [0.2, 0.25) is 5.88 Å². The highest BCUT2D eigenvalue weighted by atomic mass is 16.5. The van der Waals surface area contributed by atoms with Crippen LogP contribution in [0.3, 0.4) is 0 Å². The van der Waals surface area contributed by atoms with Gasteiger partial charge in [-0.2, -0.15) is 5.26 Å². The van der Waals surface area contributed by atoms with Crippen LogP contribution >= 0.6 is 0 Å². The van der Waals surface area contributed by atoms with Crippen molar-refractivity contribution in [3.8, 4) is 17.7 Å². The summed E-state index contributed by atoms with van der Waals surface area (Å²) < 4.78 is 11.3. The summed E-state index contributed by atoms with van der Waals surface area (Å²) in [5, 5.41) is 9.65. The molecule has 2 aromatic carbocycles. The van der Waals surface area contributed by atoms with Crippen molar-refractivity contribution in [1.82, 2.24) is 9.97 Å². The third-order valence-electron chi connectivity index (χ3n) is 3.33. The average molecular weight is 305 g/mol. The fourth-order valence-electron chi connectivity index (χ4n) is 2.19. The number of nitrogens with zero attached hydrogens (tertiary/aromatic N) is 3. The first-order valence-electron chi connectivity index (χ1n) is 7.23. The fourth-order valence-corrected chi connectivity index (χ4v) is 2.19. The molecule has 1 heterocycles. The molecule has 0 amide bonds. The summed E-state index contributed by atoms with van der Waals surface area (Å²) in [6.45, 7) is 2.79. The monoisotopic (exact) mass is 305 g/mol. The molecule has 0 atom stereocenters. The van der Waals surface area contributed by atoms with E-state index in [2.05, 4.69) is 16.0 Å². The summed E-state index contributed by atoms with van der Waals surface area (Å²) in [6.07, 6.45) is 1.49. The summed E-state index contributed by atoms with van der Waals surface area (Å²) in [6, 6.07) is 15.0. The van der Waals surface area contributed by atoms with Crippen LogP contribution in [0.4, 0.5) is 0 Å². The molecule has 5 heteroatoms. The van der Waals surface area contributed by atoms with Crippen LogP contribution in [0, 0.1) is 18.3 Å². The summed E-state index contributed by atoms with van der Waals surface area (Å²) in [4.78, 5) is 8.42. The minimum Gasteiger partial charge on any atom is -0.490 e. The number of fused-ring (bicyclic) bond motifs is 1. The van der Waals surface area contributed by atoms with Gasteiger partial charge in [-0.05, 0) is 43.3 Å². The fraction of sp³-hybridized carbons (Fsp3) is 0.167. The Hall–Kier alpha value is -3.13. The van der Waals surface area contributed by atoms with Crippen molar-refractivity contribution in [1.29, 1.82) is 5.26 Å². The van der Waals surface area contributed by atoms with Crippen LogP contribution in [-0.4, -0.2) is 23.2 Å². The smallest absolute Gasteiger partial charge is 0.224 e. The molecule has 114 valence electrons. The second-order valence-electron chi connectivity index (χ2n) is 5.03. The van der Waals surface area contributed by atoms with Gasteiger partial charge in [-0.1, -0.05) is 11.6 Å². The topological polar surface area (TPSA) is 68.0 Å². The van der Waals surface area contributed by atoms with Gasteiger partial charge in [0.15, 0.2) is 0 Å². The number of hydrogen-bond donors (Lipinski definition) is 0. The van der Waals surface area contributed by atoms with E-state index in [0.717, 1.165) is 16.5 Å². The number of aromatic nitrogens is 2. The lowest BCUT2D eigenvalue weighted by atomic mass is 10.2. The second kappa shape index (κ2) is 6.75. The Bertz CT molecular complexity index is 854. The zero-order valence-corrected chi connectivity index (χ0v) is 12.7. The molecule has 0 radical (unpaired) electrons. The maximum Gasteiger partial charge on any atom is 0.224 e. The SMILES string of the molecule is Cc1ccc2ncnc(OCCOc3ccc(C#N)cc3)c2c1. The van der Waals surface area contributed by atoms with Gasteiger partial charge in [0.05, 0.1) is 22.5 Å². The van der Waals surface area contributed by atoms with Gasteiger partial charge in [0.1, 0.15) is 25.3 Å². The highest BCUT2D eigenvalue weighted by molar-refractivity contribution is 5.83. The molecule has 5 nitrogen and oxygen atoms in total. The molecule has 0 spiro atoms. The predicted molar refractivity (Wildman–Crippen MR) is 86.4 cm³/mol. The number of benzene rings is 2. The van der Waals surface area contributed by atoms with Gasteiger partial charge in [-0.25, -0.2) is 9.97 Å². The van der Waals surface area contributed by atoms with Crippen molar-refractivity contribution in [2.45, 2.75) is 6.92 Å². The number of nitriles is 1. The maximum absolute atomic E-state index is 8.75. The van der Waals surface area contributed by atoms with Gasteiger partial charge in [0.25, 0.3) is 0 Å². The van der Waals surface area contributed by atoms with E-state index in [1.165, 1.54) is 6.33 Å². The first-order chi connectivity index (χ1) is 11.3. The van der Waals surface area contributed by atoms with E-state index in [1.54, 1.807) is 24.3 Å². The largest absolute Gasteiger partial charge is 0.490 e. The quantitative estimate of drug-likeness (QED) is 0.677. The molecular weight excluding hydrogens is 290 g/mol. The Morgan fingerprint density at radius 1 is 1.00 bits per heavy atom. The summed E-state index contributed by atoms with van der Waals surface area (Å²) in [5.74, 6) is 1.26. The molecule has 0 aliphatic heterocycles. The van der Waals surface area contributed by atoms with Crippen LogP contribution in [0.25, 0.3) is 10.9 Å². The molecule has 23 heavy (non-hydrogen) atoms. The van der Waals surface area contributed by atoms with Gasteiger partial charge in [-0.3, -0.25) is 0 Å². The number of hydrogen-bond acceptors (Lipinski definition) is 5. The highest BCUT2D eigenvalue weighted by Gasteiger charge is 2.05. The molecule has 0 bridgehead atoms. The van der Waals surface area contributed by atoms with Crippen molar-refractivity contribution in [3.63, 3.8) is 0 Å². The number of aryl methyl sites for hydroxylation is 1. The van der Waals surface area contributed by atoms with Crippen LogP contribution in [0.15, 0.2) is 48.8 Å². The maximum atomic E-state index is 8.75. The molecule has 3 aromatic rings. The van der Waals surface area contributed by atoms with Crippen LogP contribution in [0.2, 0.25) is 0 Å². The summed E-state index contributed by atoms with van der Waals surface area (Å²) in [5.41, 5.74) is 2.59. The summed E-state index contributed by atoms with van der Waals surface area (Å²) in [7, 11) is 0. The number of rotatable bonds is 5. The van der Waals surface area contributed by atoms with Gasteiger partial charge in [-0.15, -0.1) is 0 Å². The standard InChI is InChI=1S/C18H15N3O2/c1-13-2-7-17-16(10-13)18(21-12-20-17)23-9-8-22-15-5-3-14(11-19)4-6-15/h2-7,10,12H,8-9H2,1H3. The van der Waals surface area contributed by atoms with Gasteiger partial charge < -0.3 is 9.47 Å². The normalized spacial score (nSPS) is 10.3. The lowest BCUT2D eigenvalue weighted by Crippen LogP contribution is -2.10. The van der Waals surface area contributed by atoms with Crippen molar-refractivity contribution >= 4 is 10.9 Å². The molecule has 1 aromatic heterocycles. The minimum absolute atomic E-state index is 0.375. The zero-order chi connectivity index (χ0) is 16.1. The van der Waals surface area contributed by atoms with Crippen molar-refractivity contribution in [2.75, 3.05) is 13.2 Å².